The van der Waals surface area contributed by atoms with Gasteiger partial charge in [-0.25, -0.2) is 8.42 Å². The van der Waals surface area contributed by atoms with E-state index >= 15 is 0 Å². The number of carbonyl (C=O) groups is 1. The summed E-state index contributed by atoms with van der Waals surface area (Å²) in [4.78, 5) is 12.4. The van der Waals surface area contributed by atoms with Crippen molar-refractivity contribution in [2.45, 2.75) is 44.0 Å². The molecule has 130 valence electrons. The third kappa shape index (κ3) is 3.73. The number of nitrogens with zero attached hydrogens (tertiary/aromatic N) is 2. The summed E-state index contributed by atoms with van der Waals surface area (Å²) in [6.45, 7) is 4.47. The Hall–Kier alpha value is -1.45. The molecule has 1 aromatic rings. The first kappa shape index (κ1) is 17.9. The van der Waals surface area contributed by atoms with Crippen molar-refractivity contribution >= 4 is 15.9 Å². The Morgan fingerprint density at radius 3 is 2.83 bits per heavy atom. The lowest BCUT2D eigenvalue weighted by molar-refractivity contribution is -0.124. The average Bonchev–Trinajstić information content (AvgIpc) is 3.11. The van der Waals surface area contributed by atoms with E-state index in [1.54, 1.807) is 21.0 Å². The van der Waals surface area contributed by atoms with Gasteiger partial charge in [0.15, 0.2) is 5.76 Å². The van der Waals surface area contributed by atoms with Gasteiger partial charge < -0.3 is 14.6 Å². The Bertz CT molecular complexity index is 636. The standard InChI is InChI=1S/C14H23N3O5S/c1-10-13(11(2)22-16-10)23(19,20)17-8-4-6-12(17)14(18)15-7-5-9-21-3/h12H,4-9H2,1-3H3,(H,15,18). The summed E-state index contributed by atoms with van der Waals surface area (Å²) < 4.78 is 36.8. The fourth-order valence-corrected chi connectivity index (χ4v) is 4.75. The van der Waals surface area contributed by atoms with Gasteiger partial charge in [0, 0.05) is 26.8 Å². The second kappa shape index (κ2) is 7.41. The maximum absolute atomic E-state index is 12.9. The van der Waals surface area contributed by atoms with E-state index in [9.17, 15) is 13.2 Å². The smallest absolute Gasteiger partial charge is 0.249 e. The second-order valence-electron chi connectivity index (χ2n) is 5.56. The largest absolute Gasteiger partial charge is 0.385 e. The molecule has 0 aromatic carbocycles. The van der Waals surface area contributed by atoms with E-state index in [1.165, 1.54) is 4.31 Å². The first-order chi connectivity index (χ1) is 10.9. The molecule has 1 aromatic heterocycles. The minimum Gasteiger partial charge on any atom is -0.385 e. The van der Waals surface area contributed by atoms with Crippen molar-refractivity contribution in [3.63, 3.8) is 0 Å². The van der Waals surface area contributed by atoms with Crippen LogP contribution < -0.4 is 5.32 Å². The Morgan fingerprint density at radius 2 is 2.22 bits per heavy atom. The quantitative estimate of drug-likeness (QED) is 0.726. The van der Waals surface area contributed by atoms with Crippen LogP contribution in [-0.4, -0.2) is 56.6 Å². The van der Waals surface area contributed by atoms with Crippen molar-refractivity contribution in [1.29, 1.82) is 0 Å². The number of carbonyl (C=O) groups excluding carboxylic acids is 1. The Kier molecular flexibility index (Phi) is 5.77. The second-order valence-corrected chi connectivity index (χ2v) is 7.39. The molecule has 0 radical (unpaired) electrons. The predicted octanol–water partition coefficient (Wildman–Crippen LogP) is 0.597. The topological polar surface area (TPSA) is 102 Å². The lowest BCUT2D eigenvalue weighted by atomic mass is 10.2. The van der Waals surface area contributed by atoms with Crippen LogP contribution in [0.1, 0.15) is 30.7 Å². The fourth-order valence-electron chi connectivity index (χ4n) is 2.80. The first-order valence-corrected chi connectivity index (χ1v) is 9.05. The van der Waals surface area contributed by atoms with Gasteiger partial charge in [0.05, 0.1) is 0 Å². The molecular formula is C14H23N3O5S. The zero-order valence-corrected chi connectivity index (χ0v) is 14.5. The summed E-state index contributed by atoms with van der Waals surface area (Å²) >= 11 is 0. The number of amides is 1. The number of hydrogen-bond donors (Lipinski definition) is 1. The minimum absolute atomic E-state index is 0.0663. The van der Waals surface area contributed by atoms with Crippen LogP contribution in [0.4, 0.5) is 0 Å². The van der Waals surface area contributed by atoms with E-state index in [0.717, 1.165) is 0 Å². The third-order valence-electron chi connectivity index (χ3n) is 3.87. The highest BCUT2D eigenvalue weighted by Crippen LogP contribution is 2.29. The number of methoxy groups -OCH3 is 1. The molecule has 23 heavy (non-hydrogen) atoms. The molecule has 1 fully saturated rings. The van der Waals surface area contributed by atoms with Crippen molar-refractivity contribution in [3.05, 3.63) is 11.5 Å². The van der Waals surface area contributed by atoms with Crippen molar-refractivity contribution in [2.24, 2.45) is 0 Å². The molecule has 1 atom stereocenters. The van der Waals surface area contributed by atoms with Gasteiger partial charge in [-0.3, -0.25) is 4.79 Å². The van der Waals surface area contributed by atoms with Gasteiger partial charge in [0.1, 0.15) is 16.6 Å². The van der Waals surface area contributed by atoms with Crippen molar-refractivity contribution < 1.29 is 22.5 Å². The number of sulfonamides is 1. The van der Waals surface area contributed by atoms with Gasteiger partial charge in [-0.1, -0.05) is 5.16 Å². The molecular weight excluding hydrogens is 322 g/mol. The van der Waals surface area contributed by atoms with Crippen LogP contribution in [0.5, 0.6) is 0 Å². The Morgan fingerprint density at radius 1 is 1.48 bits per heavy atom. The zero-order valence-electron chi connectivity index (χ0n) is 13.7. The normalized spacial score (nSPS) is 19.2. The van der Waals surface area contributed by atoms with Gasteiger partial charge >= 0.3 is 0 Å². The molecule has 2 rings (SSSR count). The van der Waals surface area contributed by atoms with Crippen molar-refractivity contribution in [2.75, 3.05) is 26.8 Å². The molecule has 1 amide bonds. The van der Waals surface area contributed by atoms with E-state index in [1.807, 2.05) is 0 Å². The van der Waals surface area contributed by atoms with Gasteiger partial charge in [0.25, 0.3) is 0 Å². The summed E-state index contributed by atoms with van der Waals surface area (Å²) in [5.41, 5.74) is 0.314. The molecule has 1 aliphatic heterocycles. The van der Waals surface area contributed by atoms with Crippen LogP contribution in [0.3, 0.4) is 0 Å². The van der Waals surface area contributed by atoms with Gasteiger partial charge in [0.2, 0.25) is 15.9 Å². The lowest BCUT2D eigenvalue weighted by Crippen LogP contribution is -2.46. The number of aromatic nitrogens is 1. The molecule has 0 spiro atoms. The summed E-state index contributed by atoms with van der Waals surface area (Å²) in [6, 6.07) is -0.684. The molecule has 1 aliphatic rings. The summed E-state index contributed by atoms with van der Waals surface area (Å²) in [7, 11) is -2.20. The maximum atomic E-state index is 12.9. The number of aryl methyl sites for hydroxylation is 2. The van der Waals surface area contributed by atoms with Crippen molar-refractivity contribution in [1.82, 2.24) is 14.8 Å². The minimum atomic E-state index is -3.79. The SMILES string of the molecule is COCCCNC(=O)C1CCCN1S(=O)(=O)c1c(C)noc1C. The fraction of sp³-hybridized carbons (Fsp3) is 0.714. The first-order valence-electron chi connectivity index (χ1n) is 7.61. The summed E-state index contributed by atoms with van der Waals surface area (Å²) in [5.74, 6) is -0.0254. The molecule has 0 bridgehead atoms. The number of ether oxygens (including phenoxy) is 1. The van der Waals surface area contributed by atoms with Gasteiger partial charge in [-0.15, -0.1) is 0 Å². The van der Waals surface area contributed by atoms with Crippen LogP contribution in [0.15, 0.2) is 9.42 Å². The molecule has 9 heteroatoms. The molecule has 0 saturated carbocycles. The maximum Gasteiger partial charge on any atom is 0.249 e. The van der Waals surface area contributed by atoms with E-state index in [4.69, 9.17) is 9.26 Å². The van der Waals surface area contributed by atoms with Crippen LogP contribution >= 0.6 is 0 Å². The van der Waals surface area contributed by atoms with Gasteiger partial charge in [-0.2, -0.15) is 4.31 Å². The monoisotopic (exact) mass is 345 g/mol. The molecule has 0 aliphatic carbocycles. The third-order valence-corrected chi connectivity index (χ3v) is 6.02. The van der Waals surface area contributed by atoms with E-state index in [2.05, 4.69) is 10.5 Å². The van der Waals surface area contributed by atoms with E-state index in [-0.39, 0.29) is 16.6 Å². The highest BCUT2D eigenvalue weighted by atomic mass is 32.2. The van der Waals surface area contributed by atoms with Crippen LogP contribution in [0, 0.1) is 13.8 Å². The molecule has 8 nitrogen and oxygen atoms in total. The van der Waals surface area contributed by atoms with Gasteiger partial charge in [-0.05, 0) is 33.1 Å². The molecule has 1 unspecified atom stereocenters. The van der Waals surface area contributed by atoms with E-state index in [0.29, 0.717) is 44.7 Å². The Balaban J connectivity index is 2.13. The highest BCUT2D eigenvalue weighted by Gasteiger charge is 2.41. The van der Waals surface area contributed by atoms with Crippen LogP contribution in [0.2, 0.25) is 0 Å². The zero-order chi connectivity index (χ0) is 17.0. The predicted molar refractivity (Wildman–Crippen MR) is 82.4 cm³/mol. The van der Waals surface area contributed by atoms with E-state index < -0.39 is 16.1 Å². The average molecular weight is 345 g/mol. The summed E-state index contributed by atoms with van der Waals surface area (Å²) in [6.07, 6.45) is 1.85. The Labute approximate surface area is 136 Å². The van der Waals surface area contributed by atoms with Crippen molar-refractivity contribution in [3.8, 4) is 0 Å². The number of nitrogens with one attached hydrogen (secondary N) is 1. The molecule has 2 heterocycles. The highest BCUT2D eigenvalue weighted by molar-refractivity contribution is 7.89. The van der Waals surface area contributed by atoms with Crippen LogP contribution in [0.25, 0.3) is 0 Å². The summed E-state index contributed by atoms with van der Waals surface area (Å²) in [5, 5.41) is 6.47. The lowest BCUT2D eigenvalue weighted by Gasteiger charge is -2.23. The molecule has 1 N–H and O–H groups in total. The number of rotatable bonds is 7. The number of hydrogen-bond acceptors (Lipinski definition) is 6. The molecule has 1 saturated heterocycles. The van der Waals surface area contributed by atoms with Crippen LogP contribution in [-0.2, 0) is 19.6 Å².